The molecule has 0 heterocycles. The van der Waals surface area contributed by atoms with Gasteiger partial charge in [-0.05, 0) is 25.7 Å². The molecular weight excluding hydrogens is 176 g/mol. The summed E-state index contributed by atoms with van der Waals surface area (Å²) in [5, 5.41) is 0. The van der Waals surface area contributed by atoms with E-state index in [2.05, 4.69) is 19.1 Å². The lowest BCUT2D eigenvalue weighted by molar-refractivity contribution is -0.164. The Morgan fingerprint density at radius 2 is 2.21 bits per heavy atom. The standard InChI is InChI=1S/C12H18O2/c1-8(2)11(13)14-12(3)7-9-4-5-10(12)6-9/h4-5,8-10H,6-7H2,1-3H3. The van der Waals surface area contributed by atoms with Crippen molar-refractivity contribution in [1.29, 1.82) is 0 Å². The van der Waals surface area contributed by atoms with Crippen molar-refractivity contribution >= 4 is 5.97 Å². The topological polar surface area (TPSA) is 26.3 Å². The summed E-state index contributed by atoms with van der Waals surface area (Å²) in [5.41, 5.74) is -0.221. The number of ether oxygens (including phenoxy) is 1. The van der Waals surface area contributed by atoms with Crippen LogP contribution in [0.4, 0.5) is 0 Å². The van der Waals surface area contributed by atoms with Crippen LogP contribution in [0, 0.1) is 17.8 Å². The molecule has 0 aromatic carbocycles. The normalized spacial score (nSPS) is 39.4. The molecule has 14 heavy (non-hydrogen) atoms. The van der Waals surface area contributed by atoms with Crippen LogP contribution in [0.25, 0.3) is 0 Å². The first-order valence-corrected chi connectivity index (χ1v) is 5.42. The lowest BCUT2D eigenvalue weighted by Crippen LogP contribution is -2.37. The minimum Gasteiger partial charge on any atom is -0.459 e. The first-order chi connectivity index (χ1) is 6.51. The monoisotopic (exact) mass is 194 g/mol. The Balaban J connectivity index is 2.04. The summed E-state index contributed by atoms with van der Waals surface area (Å²) in [6, 6.07) is 0. The van der Waals surface area contributed by atoms with E-state index in [1.165, 1.54) is 6.42 Å². The smallest absolute Gasteiger partial charge is 0.308 e. The number of carbonyl (C=O) groups is 1. The molecule has 0 radical (unpaired) electrons. The molecular formula is C12H18O2. The SMILES string of the molecule is CC(C)C(=O)OC1(C)CC2C=CC1C2. The van der Waals surface area contributed by atoms with Crippen LogP contribution in [-0.4, -0.2) is 11.6 Å². The van der Waals surface area contributed by atoms with Gasteiger partial charge in [0.1, 0.15) is 5.60 Å². The second-order valence-corrected chi connectivity index (χ2v) is 5.08. The van der Waals surface area contributed by atoms with Gasteiger partial charge < -0.3 is 4.74 Å². The molecule has 0 spiro atoms. The van der Waals surface area contributed by atoms with Crippen LogP contribution < -0.4 is 0 Å². The zero-order chi connectivity index (χ0) is 10.3. The summed E-state index contributed by atoms with van der Waals surface area (Å²) >= 11 is 0. The highest BCUT2D eigenvalue weighted by atomic mass is 16.6. The summed E-state index contributed by atoms with van der Waals surface area (Å²) in [5.74, 6) is 1.02. The van der Waals surface area contributed by atoms with Crippen molar-refractivity contribution in [3.63, 3.8) is 0 Å². The van der Waals surface area contributed by atoms with Crippen LogP contribution in [0.15, 0.2) is 12.2 Å². The van der Waals surface area contributed by atoms with Gasteiger partial charge in [0.05, 0.1) is 5.92 Å². The van der Waals surface area contributed by atoms with Gasteiger partial charge in [0.2, 0.25) is 0 Å². The Morgan fingerprint density at radius 1 is 1.50 bits per heavy atom. The Hall–Kier alpha value is -0.790. The van der Waals surface area contributed by atoms with E-state index in [4.69, 9.17) is 4.74 Å². The van der Waals surface area contributed by atoms with Gasteiger partial charge in [0.15, 0.2) is 0 Å². The second kappa shape index (κ2) is 3.11. The quantitative estimate of drug-likeness (QED) is 0.499. The maximum absolute atomic E-state index is 11.5. The van der Waals surface area contributed by atoms with E-state index in [9.17, 15) is 4.79 Å². The van der Waals surface area contributed by atoms with E-state index in [0.717, 1.165) is 6.42 Å². The highest BCUT2D eigenvalue weighted by molar-refractivity contribution is 5.72. The van der Waals surface area contributed by atoms with Gasteiger partial charge >= 0.3 is 5.97 Å². The zero-order valence-electron chi connectivity index (χ0n) is 9.12. The Kier molecular flexibility index (Phi) is 2.17. The molecule has 2 aliphatic rings. The molecule has 2 aliphatic carbocycles. The summed E-state index contributed by atoms with van der Waals surface area (Å²) in [6.45, 7) is 5.84. The van der Waals surface area contributed by atoms with Crippen molar-refractivity contribution in [3.05, 3.63) is 12.2 Å². The molecule has 1 saturated carbocycles. The third-order valence-corrected chi connectivity index (χ3v) is 3.43. The van der Waals surface area contributed by atoms with Crippen molar-refractivity contribution < 1.29 is 9.53 Å². The van der Waals surface area contributed by atoms with E-state index in [1.54, 1.807) is 0 Å². The molecule has 1 fully saturated rings. The molecule has 2 nitrogen and oxygen atoms in total. The minimum atomic E-state index is -0.221. The lowest BCUT2D eigenvalue weighted by Gasteiger charge is -2.31. The van der Waals surface area contributed by atoms with Crippen LogP contribution >= 0.6 is 0 Å². The zero-order valence-corrected chi connectivity index (χ0v) is 9.12. The van der Waals surface area contributed by atoms with E-state index >= 15 is 0 Å². The lowest BCUT2D eigenvalue weighted by atomic mass is 9.90. The predicted molar refractivity (Wildman–Crippen MR) is 54.7 cm³/mol. The number of carbonyl (C=O) groups excluding carboxylic acids is 1. The third kappa shape index (κ3) is 1.47. The van der Waals surface area contributed by atoms with Crippen molar-refractivity contribution in [2.75, 3.05) is 0 Å². The molecule has 2 rings (SSSR count). The van der Waals surface area contributed by atoms with Crippen LogP contribution in [0.2, 0.25) is 0 Å². The van der Waals surface area contributed by atoms with E-state index in [0.29, 0.717) is 11.8 Å². The first kappa shape index (κ1) is 9.75. The van der Waals surface area contributed by atoms with E-state index in [1.807, 2.05) is 13.8 Å². The Bertz CT molecular complexity index is 280. The molecule has 0 N–H and O–H groups in total. The summed E-state index contributed by atoms with van der Waals surface area (Å²) in [7, 11) is 0. The number of allylic oxidation sites excluding steroid dienone is 1. The maximum atomic E-state index is 11.5. The van der Waals surface area contributed by atoms with Crippen LogP contribution in [0.1, 0.15) is 33.6 Å². The highest BCUT2D eigenvalue weighted by Crippen LogP contribution is 2.48. The molecule has 2 bridgehead atoms. The number of fused-ring (bicyclic) bond motifs is 2. The van der Waals surface area contributed by atoms with Crippen molar-refractivity contribution in [2.24, 2.45) is 17.8 Å². The summed E-state index contributed by atoms with van der Waals surface area (Å²) in [4.78, 5) is 11.5. The fourth-order valence-electron chi connectivity index (χ4n) is 2.52. The number of hydrogen-bond donors (Lipinski definition) is 0. The fraction of sp³-hybridized carbons (Fsp3) is 0.750. The average molecular weight is 194 g/mol. The van der Waals surface area contributed by atoms with Gasteiger partial charge in [-0.15, -0.1) is 0 Å². The summed E-state index contributed by atoms with van der Waals surface area (Å²) in [6.07, 6.45) is 6.64. The second-order valence-electron chi connectivity index (χ2n) is 5.08. The molecule has 78 valence electrons. The average Bonchev–Trinajstić information content (AvgIpc) is 2.62. The summed E-state index contributed by atoms with van der Waals surface area (Å²) < 4.78 is 5.60. The third-order valence-electron chi connectivity index (χ3n) is 3.43. The number of esters is 1. The first-order valence-electron chi connectivity index (χ1n) is 5.42. The molecule has 3 unspecified atom stereocenters. The van der Waals surface area contributed by atoms with E-state index in [-0.39, 0.29) is 17.5 Å². The van der Waals surface area contributed by atoms with Crippen molar-refractivity contribution in [1.82, 2.24) is 0 Å². The fourth-order valence-corrected chi connectivity index (χ4v) is 2.52. The molecule has 0 aromatic heterocycles. The molecule has 3 atom stereocenters. The van der Waals surface area contributed by atoms with Gasteiger partial charge in [-0.1, -0.05) is 26.0 Å². The van der Waals surface area contributed by atoms with Gasteiger partial charge in [-0.25, -0.2) is 0 Å². The van der Waals surface area contributed by atoms with Gasteiger partial charge in [0.25, 0.3) is 0 Å². The maximum Gasteiger partial charge on any atom is 0.308 e. The minimum absolute atomic E-state index is 0.0186. The Morgan fingerprint density at radius 3 is 2.64 bits per heavy atom. The Labute approximate surface area is 85.3 Å². The van der Waals surface area contributed by atoms with Crippen LogP contribution in [0.3, 0.4) is 0 Å². The molecule has 0 amide bonds. The van der Waals surface area contributed by atoms with E-state index < -0.39 is 0 Å². The predicted octanol–water partition coefficient (Wildman–Crippen LogP) is 2.54. The molecule has 0 aliphatic heterocycles. The van der Waals surface area contributed by atoms with Gasteiger partial charge in [0, 0.05) is 5.92 Å². The van der Waals surface area contributed by atoms with Gasteiger partial charge in [-0.3, -0.25) is 4.79 Å². The van der Waals surface area contributed by atoms with Crippen molar-refractivity contribution in [3.8, 4) is 0 Å². The number of rotatable bonds is 2. The van der Waals surface area contributed by atoms with Crippen molar-refractivity contribution in [2.45, 2.75) is 39.2 Å². The van der Waals surface area contributed by atoms with Crippen LogP contribution in [0.5, 0.6) is 0 Å². The molecule has 0 aromatic rings. The molecule has 0 saturated heterocycles. The van der Waals surface area contributed by atoms with Gasteiger partial charge in [-0.2, -0.15) is 0 Å². The highest BCUT2D eigenvalue weighted by Gasteiger charge is 2.47. The molecule has 2 heteroatoms. The van der Waals surface area contributed by atoms with Crippen LogP contribution in [-0.2, 0) is 9.53 Å². The largest absolute Gasteiger partial charge is 0.459 e. The number of hydrogen-bond acceptors (Lipinski definition) is 2.